The van der Waals surface area contributed by atoms with Crippen LogP contribution in [0.3, 0.4) is 0 Å². The summed E-state index contributed by atoms with van der Waals surface area (Å²) in [4.78, 5) is 11.5. The van der Waals surface area contributed by atoms with Gasteiger partial charge in [-0.15, -0.1) is 11.6 Å². The first-order valence-corrected chi connectivity index (χ1v) is 6.05. The molecule has 0 spiro atoms. The summed E-state index contributed by atoms with van der Waals surface area (Å²) >= 11 is 11.4. The zero-order chi connectivity index (χ0) is 13.3. The Bertz CT molecular complexity index is 655. The summed E-state index contributed by atoms with van der Waals surface area (Å²) in [6.45, 7) is 1.73. The molecule has 0 aliphatic carbocycles. The first kappa shape index (κ1) is 13.1. The van der Waals surface area contributed by atoms with E-state index in [1.54, 1.807) is 6.92 Å². The number of aromatic nitrogens is 2. The van der Waals surface area contributed by atoms with Gasteiger partial charge in [-0.3, -0.25) is 4.79 Å². The molecule has 3 nitrogen and oxygen atoms in total. The largest absolute Gasteiger partial charge is 0.288 e. The highest BCUT2D eigenvalue weighted by Crippen LogP contribution is 2.19. The van der Waals surface area contributed by atoms with Crippen molar-refractivity contribution in [2.75, 3.05) is 0 Å². The summed E-state index contributed by atoms with van der Waals surface area (Å²) in [5, 5.41) is 4.12. The molecule has 6 heteroatoms. The highest BCUT2D eigenvalue weighted by atomic mass is 35.5. The predicted octanol–water partition coefficient (Wildman–Crippen LogP) is 3.07. The average molecular weight is 287 g/mol. The van der Waals surface area contributed by atoms with Crippen molar-refractivity contribution in [2.45, 2.75) is 12.8 Å². The van der Waals surface area contributed by atoms with E-state index in [1.807, 2.05) is 0 Å². The molecule has 2 aromatic rings. The van der Waals surface area contributed by atoms with E-state index in [0.29, 0.717) is 11.4 Å². The Morgan fingerprint density at radius 1 is 1.39 bits per heavy atom. The standard InChI is InChI=1S/C12H9Cl2FN2O/c1-7-4-12(18)11(6-13)16-17(7)8-2-3-10(15)9(14)5-8/h2-5H,6H2,1H3. The summed E-state index contributed by atoms with van der Waals surface area (Å²) < 4.78 is 14.6. The normalized spacial score (nSPS) is 10.7. The lowest BCUT2D eigenvalue weighted by Crippen LogP contribution is -2.17. The van der Waals surface area contributed by atoms with Crippen molar-refractivity contribution in [2.24, 2.45) is 0 Å². The van der Waals surface area contributed by atoms with E-state index in [9.17, 15) is 9.18 Å². The summed E-state index contributed by atoms with van der Waals surface area (Å²) in [6.07, 6.45) is 0. The third-order valence-corrected chi connectivity index (χ3v) is 3.00. The van der Waals surface area contributed by atoms with Crippen LogP contribution < -0.4 is 5.43 Å². The fourth-order valence-electron chi connectivity index (χ4n) is 1.55. The minimum absolute atomic E-state index is 0.000163. The highest BCUT2D eigenvalue weighted by Gasteiger charge is 2.08. The molecule has 0 aliphatic rings. The lowest BCUT2D eigenvalue weighted by molar-refractivity contribution is 0.627. The topological polar surface area (TPSA) is 34.9 Å². The minimum atomic E-state index is -0.503. The number of hydrogen-bond donors (Lipinski definition) is 0. The van der Waals surface area contributed by atoms with Crippen molar-refractivity contribution in [1.29, 1.82) is 0 Å². The fraction of sp³-hybridized carbons (Fsp3) is 0.167. The molecule has 0 saturated heterocycles. The van der Waals surface area contributed by atoms with Gasteiger partial charge in [-0.05, 0) is 25.1 Å². The second-order valence-electron chi connectivity index (χ2n) is 3.74. The van der Waals surface area contributed by atoms with Crippen LogP contribution >= 0.6 is 23.2 Å². The number of halogens is 3. The molecule has 0 radical (unpaired) electrons. The van der Waals surface area contributed by atoms with Gasteiger partial charge in [-0.1, -0.05) is 11.6 Å². The van der Waals surface area contributed by atoms with Crippen molar-refractivity contribution in [1.82, 2.24) is 9.78 Å². The van der Waals surface area contributed by atoms with E-state index < -0.39 is 5.82 Å². The maximum Gasteiger partial charge on any atom is 0.204 e. The van der Waals surface area contributed by atoms with E-state index in [-0.39, 0.29) is 22.0 Å². The fourth-order valence-corrected chi connectivity index (χ4v) is 1.91. The Labute approximate surface area is 113 Å². The van der Waals surface area contributed by atoms with Crippen LogP contribution in [-0.2, 0) is 5.88 Å². The molecule has 1 aromatic heterocycles. The number of rotatable bonds is 2. The maximum absolute atomic E-state index is 13.1. The Morgan fingerprint density at radius 3 is 2.72 bits per heavy atom. The van der Waals surface area contributed by atoms with E-state index >= 15 is 0 Å². The summed E-state index contributed by atoms with van der Waals surface area (Å²) in [5.74, 6) is -0.481. The quantitative estimate of drug-likeness (QED) is 0.796. The molecule has 0 N–H and O–H groups in total. The lowest BCUT2D eigenvalue weighted by Gasteiger charge is -2.10. The van der Waals surface area contributed by atoms with Crippen LogP contribution in [-0.4, -0.2) is 9.78 Å². The van der Waals surface area contributed by atoms with Crippen molar-refractivity contribution < 1.29 is 4.39 Å². The second kappa shape index (κ2) is 5.08. The monoisotopic (exact) mass is 286 g/mol. The Morgan fingerprint density at radius 2 is 2.11 bits per heavy atom. The lowest BCUT2D eigenvalue weighted by atomic mass is 10.3. The average Bonchev–Trinajstić information content (AvgIpc) is 2.33. The van der Waals surface area contributed by atoms with Gasteiger partial charge in [0.1, 0.15) is 11.5 Å². The van der Waals surface area contributed by atoms with Gasteiger partial charge >= 0.3 is 0 Å². The van der Waals surface area contributed by atoms with Crippen LogP contribution in [0.2, 0.25) is 5.02 Å². The third-order valence-electron chi connectivity index (χ3n) is 2.45. The zero-order valence-electron chi connectivity index (χ0n) is 9.45. The van der Waals surface area contributed by atoms with Crippen LogP contribution in [0.1, 0.15) is 11.4 Å². The van der Waals surface area contributed by atoms with E-state index in [1.165, 1.54) is 28.9 Å². The molecule has 1 aromatic carbocycles. The molecule has 2 rings (SSSR count). The number of alkyl halides is 1. The van der Waals surface area contributed by atoms with Crippen molar-refractivity contribution in [3.05, 3.63) is 56.7 Å². The summed E-state index contributed by atoms with van der Waals surface area (Å²) in [5.41, 5.74) is 1.22. The number of nitrogens with zero attached hydrogens (tertiary/aromatic N) is 2. The third kappa shape index (κ3) is 2.40. The Balaban J connectivity index is 2.63. The first-order valence-electron chi connectivity index (χ1n) is 5.14. The van der Waals surface area contributed by atoms with Crippen LogP contribution in [0.5, 0.6) is 0 Å². The summed E-state index contributed by atoms with van der Waals surface area (Å²) in [6, 6.07) is 5.66. The number of hydrogen-bond acceptors (Lipinski definition) is 2. The molecule has 0 fully saturated rings. The molecule has 0 saturated carbocycles. The van der Waals surface area contributed by atoms with Gasteiger partial charge in [-0.25, -0.2) is 9.07 Å². The van der Waals surface area contributed by atoms with E-state index in [2.05, 4.69) is 5.10 Å². The van der Waals surface area contributed by atoms with Crippen molar-refractivity contribution in [3.8, 4) is 5.69 Å². The van der Waals surface area contributed by atoms with Crippen LogP contribution in [0, 0.1) is 12.7 Å². The van der Waals surface area contributed by atoms with Gasteiger partial charge in [0.15, 0.2) is 0 Å². The van der Waals surface area contributed by atoms with Crippen LogP contribution in [0.15, 0.2) is 29.1 Å². The number of aryl methyl sites for hydroxylation is 1. The SMILES string of the molecule is Cc1cc(=O)c(CCl)nn1-c1ccc(F)c(Cl)c1. The molecular formula is C12H9Cl2FN2O. The molecule has 1 heterocycles. The van der Waals surface area contributed by atoms with E-state index in [4.69, 9.17) is 23.2 Å². The van der Waals surface area contributed by atoms with Gasteiger partial charge in [-0.2, -0.15) is 5.10 Å². The van der Waals surface area contributed by atoms with Gasteiger partial charge in [0.25, 0.3) is 0 Å². The first-order chi connectivity index (χ1) is 8.52. The van der Waals surface area contributed by atoms with Crippen LogP contribution in [0.4, 0.5) is 4.39 Å². The minimum Gasteiger partial charge on any atom is -0.288 e. The van der Waals surface area contributed by atoms with Gasteiger partial charge < -0.3 is 0 Å². The van der Waals surface area contributed by atoms with Gasteiger partial charge in [0.2, 0.25) is 5.43 Å². The van der Waals surface area contributed by atoms with Crippen molar-refractivity contribution >= 4 is 23.2 Å². The molecular weight excluding hydrogens is 278 g/mol. The molecule has 0 aliphatic heterocycles. The molecule has 0 bridgehead atoms. The molecule has 18 heavy (non-hydrogen) atoms. The zero-order valence-corrected chi connectivity index (χ0v) is 11.0. The molecule has 0 unspecified atom stereocenters. The second-order valence-corrected chi connectivity index (χ2v) is 4.41. The summed E-state index contributed by atoms with van der Waals surface area (Å²) in [7, 11) is 0. The number of benzene rings is 1. The Kier molecular flexibility index (Phi) is 3.68. The van der Waals surface area contributed by atoms with Crippen LogP contribution in [0.25, 0.3) is 5.69 Å². The van der Waals surface area contributed by atoms with Crippen molar-refractivity contribution in [3.63, 3.8) is 0 Å². The van der Waals surface area contributed by atoms with Gasteiger partial charge in [0.05, 0.1) is 16.6 Å². The maximum atomic E-state index is 13.1. The van der Waals surface area contributed by atoms with Gasteiger partial charge in [0, 0.05) is 11.8 Å². The highest BCUT2D eigenvalue weighted by molar-refractivity contribution is 6.30. The molecule has 0 atom stereocenters. The predicted molar refractivity (Wildman–Crippen MR) is 69.1 cm³/mol. The molecule has 94 valence electrons. The molecule has 0 amide bonds. The Hall–Kier alpha value is -1.39. The smallest absolute Gasteiger partial charge is 0.204 e. The van der Waals surface area contributed by atoms with E-state index in [0.717, 1.165) is 0 Å².